The van der Waals surface area contributed by atoms with Gasteiger partial charge in [0.2, 0.25) is 5.96 Å². The fourth-order valence-corrected chi connectivity index (χ4v) is 9.48. The minimum atomic E-state index is -0.191. The molecule has 62 heavy (non-hydrogen) atoms. The Morgan fingerprint density at radius 1 is 0.435 bits per heavy atom. The molecule has 11 rings (SSSR count). The van der Waals surface area contributed by atoms with E-state index in [-0.39, 0.29) is 14.0 Å². The van der Waals surface area contributed by atoms with Crippen molar-refractivity contribution in [2.75, 3.05) is 19.2 Å². The van der Waals surface area contributed by atoms with Crippen molar-refractivity contribution in [3.63, 3.8) is 0 Å². The Morgan fingerprint density at radius 3 is 1.06 bits per heavy atom. The number of aliphatic imine (C=N–C) groups is 2. The Kier molecular flexibility index (Phi) is 9.27. The topological polar surface area (TPSA) is 42.6 Å². The van der Waals surface area contributed by atoms with Crippen LogP contribution in [0.2, 0.25) is 0 Å². The number of nitrogens with zero attached hydrogens (tertiary/aromatic N) is 7. The van der Waals surface area contributed by atoms with Crippen molar-refractivity contribution >= 4 is 105 Å². The van der Waals surface area contributed by atoms with Crippen LogP contribution in [0.4, 0.5) is 45.5 Å². The average molecular weight is 798 g/mol. The van der Waals surface area contributed by atoms with E-state index in [4.69, 9.17) is 4.99 Å². The summed E-state index contributed by atoms with van der Waals surface area (Å²) in [5.74, 6) is 0.513. The van der Waals surface area contributed by atoms with Gasteiger partial charge in [-0.15, -0.1) is 0 Å². The number of benzene rings is 8. The maximum absolute atomic E-state index is 4.80. The van der Waals surface area contributed by atoms with Crippen LogP contribution >= 0.6 is 0 Å². The molecule has 0 saturated carbocycles. The molecule has 0 amide bonds. The quantitative estimate of drug-likeness (QED) is 0.0915. The van der Waals surface area contributed by atoms with Crippen molar-refractivity contribution < 1.29 is 0 Å². The van der Waals surface area contributed by atoms with E-state index in [1.165, 1.54) is 0 Å². The summed E-state index contributed by atoms with van der Waals surface area (Å²) in [6.45, 7) is 5.58. The molecule has 0 aliphatic carbocycles. The molecule has 0 fully saturated rings. The highest BCUT2D eigenvalue weighted by Crippen LogP contribution is 2.48. The number of para-hydroxylation sites is 8. The minimum absolute atomic E-state index is 0.191. The highest BCUT2D eigenvalue weighted by atomic mass is 15.3. The Hall–Kier alpha value is -8.03. The molecule has 3 heterocycles. The summed E-state index contributed by atoms with van der Waals surface area (Å²) < 4.78 is 2.14. The highest BCUT2D eigenvalue weighted by Gasteiger charge is 2.45. The zero-order valence-corrected chi connectivity index (χ0v) is 34.3. The number of hydrogen-bond donors (Lipinski definition) is 0. The molecule has 0 unspecified atom stereocenters. The van der Waals surface area contributed by atoms with Crippen molar-refractivity contribution in [2.45, 2.75) is 6.92 Å². The number of aromatic nitrogens is 1. The summed E-state index contributed by atoms with van der Waals surface area (Å²) in [4.78, 5) is 19.2. The molecule has 2 aliphatic rings. The first-order valence-corrected chi connectivity index (χ1v) is 21.0. The van der Waals surface area contributed by atoms with Gasteiger partial charge in [0.25, 0.3) is 0 Å². The van der Waals surface area contributed by atoms with Gasteiger partial charge in [-0.05, 0) is 109 Å². The molecule has 2 aliphatic heterocycles. The van der Waals surface area contributed by atoms with Crippen LogP contribution in [0.1, 0.15) is 6.92 Å². The van der Waals surface area contributed by atoms with E-state index in [9.17, 15) is 0 Å². The van der Waals surface area contributed by atoms with Gasteiger partial charge in [-0.2, -0.15) is 0 Å². The summed E-state index contributed by atoms with van der Waals surface area (Å²) >= 11 is 0. The summed E-state index contributed by atoms with van der Waals surface area (Å²) in [5, 5.41) is 2.20. The van der Waals surface area contributed by atoms with Crippen LogP contribution in [0.25, 0.3) is 21.8 Å². The lowest BCUT2D eigenvalue weighted by Crippen LogP contribution is -2.53. The fourth-order valence-electron chi connectivity index (χ4n) is 9.48. The van der Waals surface area contributed by atoms with Gasteiger partial charge in [-0.25, -0.2) is 9.98 Å². The molecule has 8 aromatic carbocycles. The molecule has 0 N–H and O–H groups in total. The summed E-state index contributed by atoms with van der Waals surface area (Å²) in [6, 6.07) is 74.0. The molecule has 0 spiro atoms. The van der Waals surface area contributed by atoms with Gasteiger partial charge in [-0.3, -0.25) is 4.57 Å². The van der Waals surface area contributed by atoms with Crippen molar-refractivity contribution in [1.82, 2.24) is 4.57 Å². The Morgan fingerprint density at radius 2 is 0.758 bits per heavy atom. The van der Waals surface area contributed by atoms with E-state index in [0.717, 1.165) is 78.2 Å². The van der Waals surface area contributed by atoms with E-state index in [1.807, 2.05) is 13.0 Å². The Bertz CT molecular complexity index is 2820. The normalized spacial score (nSPS) is 13.8. The van der Waals surface area contributed by atoms with Crippen LogP contribution in [-0.2, 0) is 0 Å². The largest absolute Gasteiger partial charge is 0.420 e. The molecule has 0 radical (unpaired) electrons. The monoisotopic (exact) mass is 797 g/mol. The van der Waals surface area contributed by atoms with Crippen molar-refractivity contribution in [1.29, 1.82) is 0 Å². The van der Waals surface area contributed by atoms with Gasteiger partial charge < -0.3 is 19.2 Å². The summed E-state index contributed by atoms with van der Waals surface area (Å²) in [5.41, 5.74) is 13.4. The SMILES string of the molecule is C=NC(=N/C=C\C)n1c2ccc(B3N(c4ccccc4)c4ccccc4N3c3ccccc3)cc2c2cc(B3N(c4ccccc4)c4ccccc4N3c3ccccc3)ccc21. The smallest absolute Gasteiger partial charge is 0.360 e. The van der Waals surface area contributed by atoms with E-state index in [1.54, 1.807) is 6.20 Å². The Labute approximate surface area is 362 Å². The van der Waals surface area contributed by atoms with E-state index in [0.29, 0.717) is 5.96 Å². The van der Waals surface area contributed by atoms with Crippen LogP contribution < -0.4 is 30.2 Å². The van der Waals surface area contributed by atoms with Crippen molar-refractivity contribution in [3.8, 4) is 0 Å². The standard InChI is InChI=1S/C53H41B2N7/c1-3-36-57-53(56-2)58-47-34-32-39(54-59(41-20-8-4-9-21-41)49-28-16-17-29-50(49)60(54)42-22-10-5-11-23-42)37-45(47)46-38-40(33-35-48(46)58)55-61(43-24-12-6-13-25-43)51-30-18-19-31-52(51)62(55)44-26-14-7-15-27-44/h3-38H,2H2,1H3/b36-3-,57-53?. The van der Waals surface area contributed by atoms with Gasteiger partial charge in [0, 0.05) is 39.7 Å². The second-order valence-electron chi connectivity index (χ2n) is 15.5. The second kappa shape index (κ2) is 15.5. The number of fused-ring (bicyclic) bond motifs is 5. The Balaban J connectivity index is 1.17. The molecule has 9 heteroatoms. The van der Waals surface area contributed by atoms with Gasteiger partial charge in [-0.1, -0.05) is 127 Å². The molecule has 9 aromatic rings. The number of rotatable bonds is 7. The minimum Gasteiger partial charge on any atom is -0.360 e. The number of anilines is 8. The van der Waals surface area contributed by atoms with E-state index in [2.05, 4.69) is 242 Å². The predicted molar refractivity (Wildman–Crippen MR) is 265 cm³/mol. The van der Waals surface area contributed by atoms with E-state index < -0.39 is 0 Å². The van der Waals surface area contributed by atoms with Crippen LogP contribution in [0.5, 0.6) is 0 Å². The zero-order valence-electron chi connectivity index (χ0n) is 34.3. The highest BCUT2D eigenvalue weighted by molar-refractivity contribution is 6.85. The maximum atomic E-state index is 4.80. The maximum Gasteiger partial charge on any atom is 0.420 e. The second-order valence-corrected chi connectivity index (χ2v) is 15.5. The first-order valence-electron chi connectivity index (χ1n) is 21.0. The van der Waals surface area contributed by atoms with Gasteiger partial charge >= 0.3 is 14.0 Å². The lowest BCUT2D eigenvalue weighted by Gasteiger charge is -2.30. The third-order valence-electron chi connectivity index (χ3n) is 12.0. The lowest BCUT2D eigenvalue weighted by molar-refractivity contribution is 1.22. The van der Waals surface area contributed by atoms with Crippen molar-refractivity contribution in [3.05, 3.63) is 219 Å². The average Bonchev–Trinajstić information content (AvgIpc) is 3.99. The number of allylic oxidation sites excluding steroid dienone is 1. The third kappa shape index (κ3) is 6.00. The molecule has 0 atom stereocenters. The number of hydrogen-bond acceptors (Lipinski definition) is 5. The van der Waals surface area contributed by atoms with Crippen LogP contribution in [-0.4, -0.2) is 31.2 Å². The molecular formula is C53H41B2N7. The first kappa shape index (κ1) is 37.0. The summed E-state index contributed by atoms with van der Waals surface area (Å²) in [6.07, 6.45) is 3.69. The van der Waals surface area contributed by atoms with Crippen LogP contribution in [0, 0.1) is 0 Å². The predicted octanol–water partition coefficient (Wildman–Crippen LogP) is 11.6. The molecule has 0 saturated heterocycles. The van der Waals surface area contributed by atoms with Gasteiger partial charge in [0.05, 0.1) is 33.8 Å². The molecular weight excluding hydrogens is 756 g/mol. The lowest BCUT2D eigenvalue weighted by atomic mass is 9.63. The van der Waals surface area contributed by atoms with Crippen LogP contribution in [0.3, 0.4) is 0 Å². The molecule has 1 aromatic heterocycles. The third-order valence-corrected chi connectivity index (χ3v) is 12.0. The fraction of sp³-hybridized carbons (Fsp3) is 0.0189. The van der Waals surface area contributed by atoms with Gasteiger partial charge in [0.15, 0.2) is 0 Å². The molecule has 0 bridgehead atoms. The first-order chi connectivity index (χ1) is 30.7. The van der Waals surface area contributed by atoms with Gasteiger partial charge in [0.1, 0.15) is 0 Å². The van der Waals surface area contributed by atoms with E-state index >= 15 is 0 Å². The summed E-state index contributed by atoms with van der Waals surface area (Å²) in [7, 11) is 0. The molecule has 7 nitrogen and oxygen atoms in total. The molecule has 294 valence electrons. The van der Waals surface area contributed by atoms with Crippen molar-refractivity contribution in [2.24, 2.45) is 9.98 Å². The van der Waals surface area contributed by atoms with Crippen LogP contribution in [0.15, 0.2) is 229 Å². The zero-order chi connectivity index (χ0) is 41.6.